The zero-order valence-electron chi connectivity index (χ0n) is 15.4. The number of aromatic nitrogens is 2. The largest absolute Gasteiger partial charge is 0.494 e. The van der Waals surface area contributed by atoms with Crippen molar-refractivity contribution >= 4 is 22.6 Å². The number of carbonyl (C=O) groups excluding carboxylic acids is 1. The van der Waals surface area contributed by atoms with E-state index in [-0.39, 0.29) is 12.0 Å². The van der Waals surface area contributed by atoms with Crippen molar-refractivity contribution in [1.29, 1.82) is 0 Å². The van der Waals surface area contributed by atoms with Gasteiger partial charge < -0.3 is 9.47 Å². The van der Waals surface area contributed by atoms with Crippen molar-refractivity contribution in [3.8, 4) is 22.9 Å². The molecule has 1 amide bonds. The molecule has 6 nitrogen and oxygen atoms in total. The molecule has 0 spiro atoms. The molecule has 2 aromatic carbocycles. The van der Waals surface area contributed by atoms with E-state index < -0.39 is 0 Å². The molecule has 3 rings (SSSR count). The zero-order chi connectivity index (χ0) is 19.2. The molecule has 0 aliphatic heterocycles. The van der Waals surface area contributed by atoms with Crippen LogP contribution in [0.4, 0.5) is 5.13 Å². The monoisotopic (exact) mass is 383 g/mol. The van der Waals surface area contributed by atoms with Crippen LogP contribution >= 0.6 is 11.5 Å². The van der Waals surface area contributed by atoms with Crippen LogP contribution in [0, 0.1) is 0 Å². The van der Waals surface area contributed by atoms with E-state index in [4.69, 9.17) is 9.47 Å². The Bertz CT molecular complexity index is 890. The van der Waals surface area contributed by atoms with Crippen molar-refractivity contribution in [2.45, 2.75) is 26.9 Å². The van der Waals surface area contributed by atoms with E-state index in [0.29, 0.717) is 23.1 Å². The topological polar surface area (TPSA) is 73.3 Å². The van der Waals surface area contributed by atoms with Crippen LogP contribution in [-0.4, -0.2) is 28.0 Å². The van der Waals surface area contributed by atoms with Gasteiger partial charge in [0.25, 0.3) is 5.91 Å². The molecule has 1 aromatic heterocycles. The second-order valence-corrected chi connectivity index (χ2v) is 6.78. The second kappa shape index (κ2) is 8.64. The number of ether oxygens (including phenoxy) is 2. The van der Waals surface area contributed by atoms with E-state index in [9.17, 15) is 4.79 Å². The number of benzene rings is 2. The molecule has 0 saturated heterocycles. The summed E-state index contributed by atoms with van der Waals surface area (Å²) in [5.41, 5.74) is 1.40. The van der Waals surface area contributed by atoms with Gasteiger partial charge in [-0.3, -0.25) is 10.1 Å². The lowest BCUT2D eigenvalue weighted by molar-refractivity contribution is 0.102. The summed E-state index contributed by atoms with van der Waals surface area (Å²) < 4.78 is 15.3. The highest BCUT2D eigenvalue weighted by Gasteiger charge is 2.12. The fourth-order valence-electron chi connectivity index (χ4n) is 2.38. The van der Waals surface area contributed by atoms with E-state index >= 15 is 0 Å². The van der Waals surface area contributed by atoms with Gasteiger partial charge in [-0.05, 0) is 69.3 Å². The molecule has 0 aliphatic rings. The lowest BCUT2D eigenvalue weighted by atomic mass is 10.2. The third-order valence-electron chi connectivity index (χ3n) is 3.56. The molecular weight excluding hydrogens is 362 g/mol. The Balaban J connectivity index is 1.65. The van der Waals surface area contributed by atoms with Crippen LogP contribution in [0.2, 0.25) is 0 Å². The second-order valence-electron chi connectivity index (χ2n) is 6.03. The van der Waals surface area contributed by atoms with Crippen molar-refractivity contribution in [2.24, 2.45) is 0 Å². The first-order valence-electron chi connectivity index (χ1n) is 8.70. The van der Waals surface area contributed by atoms with Crippen LogP contribution in [0.25, 0.3) is 11.4 Å². The van der Waals surface area contributed by atoms with Crippen LogP contribution in [0.1, 0.15) is 31.1 Å². The Morgan fingerprint density at radius 2 is 1.74 bits per heavy atom. The first-order valence-corrected chi connectivity index (χ1v) is 9.47. The van der Waals surface area contributed by atoms with Gasteiger partial charge in [-0.2, -0.15) is 9.36 Å². The minimum Gasteiger partial charge on any atom is -0.494 e. The Morgan fingerprint density at radius 1 is 1.07 bits per heavy atom. The van der Waals surface area contributed by atoms with Crippen molar-refractivity contribution in [3.05, 3.63) is 54.1 Å². The maximum Gasteiger partial charge on any atom is 0.257 e. The average Bonchev–Trinajstić information content (AvgIpc) is 3.11. The van der Waals surface area contributed by atoms with E-state index in [0.717, 1.165) is 28.6 Å². The van der Waals surface area contributed by atoms with E-state index in [1.807, 2.05) is 45.0 Å². The van der Waals surface area contributed by atoms with Gasteiger partial charge in [0.1, 0.15) is 11.5 Å². The predicted octanol–water partition coefficient (Wildman–Crippen LogP) is 4.64. The number of hydrogen-bond donors (Lipinski definition) is 1. The van der Waals surface area contributed by atoms with Crippen LogP contribution in [0.15, 0.2) is 48.5 Å². The van der Waals surface area contributed by atoms with Crippen LogP contribution in [-0.2, 0) is 0 Å². The Hall–Kier alpha value is -2.93. The standard InChI is InChI=1S/C20H21N3O3S/c1-4-25-16-9-5-14(6-10-16)18-21-20(27-23-18)22-19(24)15-7-11-17(12-8-15)26-13(2)3/h5-13H,4H2,1-3H3,(H,21,22,23,24). The quantitative estimate of drug-likeness (QED) is 0.643. The van der Waals surface area contributed by atoms with E-state index in [1.54, 1.807) is 24.3 Å². The molecule has 1 heterocycles. The van der Waals surface area contributed by atoms with Crippen LogP contribution in [0.5, 0.6) is 11.5 Å². The van der Waals surface area contributed by atoms with Crippen molar-refractivity contribution < 1.29 is 14.3 Å². The third kappa shape index (κ3) is 5.04. The number of anilines is 1. The maximum atomic E-state index is 12.4. The SMILES string of the molecule is CCOc1ccc(-c2nsc(NC(=O)c3ccc(OC(C)C)cc3)n2)cc1. The number of hydrogen-bond acceptors (Lipinski definition) is 6. The average molecular weight is 383 g/mol. The van der Waals surface area contributed by atoms with Gasteiger partial charge in [0.15, 0.2) is 5.82 Å². The summed E-state index contributed by atoms with van der Waals surface area (Å²) in [5, 5.41) is 3.23. The predicted molar refractivity (Wildman–Crippen MR) is 107 cm³/mol. The minimum absolute atomic E-state index is 0.0899. The van der Waals surface area contributed by atoms with Gasteiger partial charge in [0.2, 0.25) is 5.13 Å². The summed E-state index contributed by atoms with van der Waals surface area (Å²) in [4.78, 5) is 16.8. The fourth-order valence-corrected chi connectivity index (χ4v) is 2.97. The minimum atomic E-state index is -0.236. The van der Waals surface area contributed by atoms with Gasteiger partial charge in [-0.15, -0.1) is 0 Å². The summed E-state index contributed by atoms with van der Waals surface area (Å²) in [6, 6.07) is 14.5. The van der Waals surface area contributed by atoms with Crippen molar-refractivity contribution in [2.75, 3.05) is 11.9 Å². The summed E-state index contributed by atoms with van der Waals surface area (Å²) in [7, 11) is 0. The lowest BCUT2D eigenvalue weighted by Gasteiger charge is -2.09. The van der Waals surface area contributed by atoms with Gasteiger partial charge in [-0.25, -0.2) is 0 Å². The van der Waals surface area contributed by atoms with Crippen LogP contribution in [0.3, 0.4) is 0 Å². The number of amides is 1. The molecular formula is C20H21N3O3S. The number of nitrogens with zero attached hydrogens (tertiary/aromatic N) is 2. The highest BCUT2D eigenvalue weighted by atomic mass is 32.1. The number of rotatable bonds is 7. The molecule has 0 bridgehead atoms. The van der Waals surface area contributed by atoms with Gasteiger partial charge >= 0.3 is 0 Å². The normalized spacial score (nSPS) is 10.7. The lowest BCUT2D eigenvalue weighted by Crippen LogP contribution is -2.12. The van der Waals surface area contributed by atoms with Gasteiger partial charge in [-0.1, -0.05) is 0 Å². The Morgan fingerprint density at radius 3 is 2.37 bits per heavy atom. The van der Waals surface area contributed by atoms with E-state index in [2.05, 4.69) is 14.7 Å². The van der Waals surface area contributed by atoms with Gasteiger partial charge in [0, 0.05) is 22.7 Å². The molecule has 140 valence electrons. The summed E-state index contributed by atoms with van der Waals surface area (Å²) in [6.07, 6.45) is 0.0899. The first-order chi connectivity index (χ1) is 13.0. The molecule has 3 aromatic rings. The third-order valence-corrected chi connectivity index (χ3v) is 4.19. The molecule has 0 radical (unpaired) electrons. The zero-order valence-corrected chi connectivity index (χ0v) is 16.2. The molecule has 0 fully saturated rings. The number of nitrogens with one attached hydrogen (secondary N) is 1. The smallest absolute Gasteiger partial charge is 0.257 e. The summed E-state index contributed by atoms with van der Waals surface area (Å²) in [6.45, 7) is 6.47. The first kappa shape index (κ1) is 18.8. The summed E-state index contributed by atoms with van der Waals surface area (Å²) >= 11 is 1.14. The Labute approximate surface area is 162 Å². The molecule has 0 aliphatic carbocycles. The van der Waals surface area contributed by atoms with Gasteiger partial charge in [0.05, 0.1) is 12.7 Å². The molecule has 7 heteroatoms. The van der Waals surface area contributed by atoms with Crippen LogP contribution < -0.4 is 14.8 Å². The Kier molecular flexibility index (Phi) is 6.03. The highest BCUT2D eigenvalue weighted by molar-refractivity contribution is 7.10. The molecule has 0 unspecified atom stereocenters. The maximum absolute atomic E-state index is 12.4. The van der Waals surface area contributed by atoms with Crippen molar-refractivity contribution in [3.63, 3.8) is 0 Å². The highest BCUT2D eigenvalue weighted by Crippen LogP contribution is 2.24. The summed E-state index contributed by atoms with van der Waals surface area (Å²) in [5.74, 6) is 1.87. The molecule has 0 atom stereocenters. The van der Waals surface area contributed by atoms with Crippen molar-refractivity contribution in [1.82, 2.24) is 9.36 Å². The fraction of sp³-hybridized carbons (Fsp3) is 0.250. The molecule has 1 N–H and O–H groups in total. The number of carbonyl (C=O) groups is 1. The molecule has 0 saturated carbocycles. The molecule has 27 heavy (non-hydrogen) atoms. The van der Waals surface area contributed by atoms with E-state index in [1.165, 1.54) is 0 Å².